The summed E-state index contributed by atoms with van der Waals surface area (Å²) < 4.78 is 13.5. The monoisotopic (exact) mass is 221 g/mol. The van der Waals surface area contributed by atoms with Crippen LogP contribution in [-0.2, 0) is 0 Å². The van der Waals surface area contributed by atoms with Gasteiger partial charge in [-0.2, -0.15) is 0 Å². The van der Waals surface area contributed by atoms with Crippen molar-refractivity contribution in [3.63, 3.8) is 0 Å². The van der Waals surface area contributed by atoms with Crippen LogP contribution in [0.1, 0.15) is 38.3 Å². The van der Waals surface area contributed by atoms with Crippen LogP contribution < -0.4 is 5.32 Å². The first-order valence-corrected chi connectivity index (χ1v) is 5.76. The van der Waals surface area contributed by atoms with Crippen LogP contribution in [0, 0.1) is 5.82 Å². The smallest absolute Gasteiger partial charge is 0.127 e. The topological polar surface area (TPSA) is 12.0 Å². The van der Waals surface area contributed by atoms with Crippen molar-refractivity contribution in [2.75, 3.05) is 0 Å². The van der Waals surface area contributed by atoms with E-state index in [1.807, 2.05) is 25.1 Å². The second-order valence-electron chi connectivity index (χ2n) is 4.18. The highest BCUT2D eigenvalue weighted by Crippen LogP contribution is 2.17. The largest absolute Gasteiger partial charge is 0.308 e. The minimum absolute atomic E-state index is 0.0426. The zero-order valence-corrected chi connectivity index (χ0v) is 10.0. The van der Waals surface area contributed by atoms with Gasteiger partial charge in [-0.15, -0.1) is 6.58 Å². The Balaban J connectivity index is 2.55. The number of nitrogens with one attached hydrogen (secondary N) is 1. The Labute approximate surface area is 97.4 Å². The van der Waals surface area contributed by atoms with E-state index in [1.54, 1.807) is 6.07 Å². The van der Waals surface area contributed by atoms with E-state index in [-0.39, 0.29) is 11.9 Å². The molecule has 2 heteroatoms. The summed E-state index contributed by atoms with van der Waals surface area (Å²) in [7, 11) is 0. The molecule has 2 unspecified atom stereocenters. The van der Waals surface area contributed by atoms with Crippen LogP contribution in [0.25, 0.3) is 0 Å². The molecule has 16 heavy (non-hydrogen) atoms. The third-order valence-corrected chi connectivity index (χ3v) is 2.71. The highest BCUT2D eigenvalue weighted by Gasteiger charge is 2.12. The molecule has 0 aliphatic carbocycles. The van der Waals surface area contributed by atoms with E-state index >= 15 is 0 Å². The van der Waals surface area contributed by atoms with E-state index in [0.717, 1.165) is 18.4 Å². The molecule has 1 aromatic carbocycles. The zero-order chi connectivity index (χ0) is 12.0. The van der Waals surface area contributed by atoms with Gasteiger partial charge in [-0.25, -0.2) is 4.39 Å². The molecule has 0 spiro atoms. The SMILES string of the molecule is C=CCCC(C)NC(C)c1ccccc1F. The van der Waals surface area contributed by atoms with Crippen molar-refractivity contribution in [3.05, 3.63) is 48.3 Å². The summed E-state index contributed by atoms with van der Waals surface area (Å²) >= 11 is 0. The Morgan fingerprint density at radius 2 is 2.06 bits per heavy atom. The molecule has 0 saturated carbocycles. The Bertz CT molecular complexity index is 335. The molecule has 1 aromatic rings. The van der Waals surface area contributed by atoms with Crippen molar-refractivity contribution < 1.29 is 4.39 Å². The summed E-state index contributed by atoms with van der Waals surface area (Å²) in [6, 6.07) is 7.32. The van der Waals surface area contributed by atoms with E-state index in [2.05, 4.69) is 18.8 Å². The minimum atomic E-state index is -0.140. The van der Waals surface area contributed by atoms with Gasteiger partial charge in [-0.3, -0.25) is 0 Å². The highest BCUT2D eigenvalue weighted by atomic mass is 19.1. The molecular weight excluding hydrogens is 201 g/mol. The predicted molar refractivity (Wildman–Crippen MR) is 66.8 cm³/mol. The first-order chi connectivity index (χ1) is 7.65. The van der Waals surface area contributed by atoms with Gasteiger partial charge in [0.25, 0.3) is 0 Å². The second kappa shape index (κ2) is 6.44. The molecule has 0 bridgehead atoms. The van der Waals surface area contributed by atoms with Crippen LogP contribution in [0.4, 0.5) is 4.39 Å². The molecule has 0 radical (unpaired) electrons. The summed E-state index contributed by atoms with van der Waals surface area (Å²) in [6.45, 7) is 7.80. The Morgan fingerprint density at radius 1 is 1.38 bits per heavy atom. The summed E-state index contributed by atoms with van der Waals surface area (Å²) in [5.74, 6) is -0.140. The maximum Gasteiger partial charge on any atom is 0.127 e. The molecule has 0 fully saturated rings. The predicted octanol–water partition coefficient (Wildman–Crippen LogP) is 3.83. The van der Waals surface area contributed by atoms with E-state index in [0.29, 0.717) is 6.04 Å². The van der Waals surface area contributed by atoms with Gasteiger partial charge in [0.05, 0.1) is 0 Å². The van der Waals surface area contributed by atoms with Crippen LogP contribution in [0.15, 0.2) is 36.9 Å². The fourth-order valence-electron chi connectivity index (χ4n) is 1.79. The molecule has 1 rings (SSSR count). The lowest BCUT2D eigenvalue weighted by Crippen LogP contribution is -2.29. The zero-order valence-electron chi connectivity index (χ0n) is 10.0. The van der Waals surface area contributed by atoms with Gasteiger partial charge in [0.1, 0.15) is 5.82 Å². The molecule has 0 amide bonds. The van der Waals surface area contributed by atoms with Crippen LogP contribution in [0.3, 0.4) is 0 Å². The molecule has 0 heterocycles. The Hall–Kier alpha value is -1.15. The van der Waals surface area contributed by atoms with Crippen LogP contribution in [0.5, 0.6) is 0 Å². The summed E-state index contributed by atoms with van der Waals surface area (Å²) in [4.78, 5) is 0. The first kappa shape index (κ1) is 12.9. The van der Waals surface area contributed by atoms with Crippen molar-refractivity contribution in [2.45, 2.75) is 38.8 Å². The molecule has 88 valence electrons. The van der Waals surface area contributed by atoms with Gasteiger partial charge in [0.15, 0.2) is 0 Å². The molecule has 1 nitrogen and oxygen atoms in total. The third-order valence-electron chi connectivity index (χ3n) is 2.71. The number of benzene rings is 1. The van der Waals surface area contributed by atoms with Gasteiger partial charge >= 0.3 is 0 Å². The quantitative estimate of drug-likeness (QED) is 0.720. The Kier molecular flexibility index (Phi) is 5.20. The van der Waals surface area contributed by atoms with Crippen molar-refractivity contribution in [1.82, 2.24) is 5.32 Å². The molecule has 0 aromatic heterocycles. The minimum Gasteiger partial charge on any atom is -0.308 e. The van der Waals surface area contributed by atoms with E-state index < -0.39 is 0 Å². The number of halogens is 1. The average molecular weight is 221 g/mol. The highest BCUT2D eigenvalue weighted by molar-refractivity contribution is 5.20. The lowest BCUT2D eigenvalue weighted by molar-refractivity contribution is 0.445. The van der Waals surface area contributed by atoms with E-state index in [9.17, 15) is 4.39 Å². The normalized spacial score (nSPS) is 14.4. The van der Waals surface area contributed by atoms with Crippen LogP contribution >= 0.6 is 0 Å². The van der Waals surface area contributed by atoms with Crippen molar-refractivity contribution in [2.24, 2.45) is 0 Å². The van der Waals surface area contributed by atoms with E-state index in [4.69, 9.17) is 0 Å². The molecule has 2 atom stereocenters. The van der Waals surface area contributed by atoms with Crippen molar-refractivity contribution >= 4 is 0 Å². The number of rotatable bonds is 6. The van der Waals surface area contributed by atoms with Gasteiger partial charge in [-0.1, -0.05) is 24.3 Å². The summed E-state index contributed by atoms with van der Waals surface area (Å²) in [6.07, 6.45) is 3.92. The van der Waals surface area contributed by atoms with Crippen LogP contribution in [-0.4, -0.2) is 6.04 Å². The molecule has 1 N–H and O–H groups in total. The number of hydrogen-bond acceptors (Lipinski definition) is 1. The first-order valence-electron chi connectivity index (χ1n) is 5.76. The van der Waals surface area contributed by atoms with Gasteiger partial charge < -0.3 is 5.32 Å². The maximum atomic E-state index is 13.5. The number of hydrogen-bond donors (Lipinski definition) is 1. The molecular formula is C14H20FN. The van der Waals surface area contributed by atoms with Crippen molar-refractivity contribution in [3.8, 4) is 0 Å². The number of allylic oxidation sites excluding steroid dienone is 1. The average Bonchev–Trinajstić information content (AvgIpc) is 2.26. The molecule has 0 saturated heterocycles. The lowest BCUT2D eigenvalue weighted by atomic mass is 10.1. The third kappa shape index (κ3) is 3.78. The van der Waals surface area contributed by atoms with Crippen LogP contribution in [0.2, 0.25) is 0 Å². The molecule has 0 aliphatic heterocycles. The Morgan fingerprint density at radius 3 is 2.69 bits per heavy atom. The summed E-state index contributed by atoms with van der Waals surface area (Å²) in [5, 5.41) is 3.38. The lowest BCUT2D eigenvalue weighted by Gasteiger charge is -2.20. The van der Waals surface area contributed by atoms with E-state index in [1.165, 1.54) is 6.07 Å². The van der Waals surface area contributed by atoms with Gasteiger partial charge in [0, 0.05) is 17.6 Å². The van der Waals surface area contributed by atoms with Gasteiger partial charge in [-0.05, 0) is 32.8 Å². The summed E-state index contributed by atoms with van der Waals surface area (Å²) in [5.41, 5.74) is 0.730. The fraction of sp³-hybridized carbons (Fsp3) is 0.429. The van der Waals surface area contributed by atoms with Crippen molar-refractivity contribution in [1.29, 1.82) is 0 Å². The second-order valence-corrected chi connectivity index (χ2v) is 4.18. The maximum absolute atomic E-state index is 13.5. The fourth-order valence-corrected chi connectivity index (χ4v) is 1.79. The van der Waals surface area contributed by atoms with Gasteiger partial charge in [0.2, 0.25) is 0 Å². The standard InChI is InChI=1S/C14H20FN/c1-4-5-8-11(2)16-12(3)13-9-6-7-10-14(13)15/h4,6-7,9-12,16H,1,5,8H2,2-3H3. The molecule has 0 aliphatic rings.